The molecule has 0 aromatic heterocycles. The van der Waals surface area contributed by atoms with E-state index < -0.39 is 0 Å². The Morgan fingerprint density at radius 1 is 1.03 bits per heavy atom. The quantitative estimate of drug-likeness (QED) is 0.586. The molecule has 0 heterocycles. The normalized spacial score (nSPS) is 43.1. The summed E-state index contributed by atoms with van der Waals surface area (Å²) >= 11 is 2.02. The first-order valence-corrected chi connectivity index (χ1v) is 13.1. The van der Waals surface area contributed by atoms with E-state index in [9.17, 15) is 4.79 Å². The summed E-state index contributed by atoms with van der Waals surface area (Å²) in [5, 5.41) is 0. The van der Waals surface area contributed by atoms with E-state index in [1.54, 1.807) is 0 Å². The second-order valence-electron chi connectivity index (χ2n) is 11.0. The Bertz CT molecular complexity index is 768. The summed E-state index contributed by atoms with van der Waals surface area (Å²) in [4.78, 5) is 11.9. The standard InChI is InChI=1S/C20H23OS.C6H13N.Na/c1-22-14-18-8-15-7-17(13-21)10-19(12-18,20(18,9-15)11-17)16-5-3-2-4-6-16;7-6-4-2-1-3-5-6;/h2-6,15H,7-12,14H2,1H3;6H,1-5,7H2;/q-1;;+1. The smallest absolute Gasteiger partial charge is 0.541 e. The van der Waals surface area contributed by atoms with Crippen molar-refractivity contribution in [2.45, 2.75) is 82.1 Å². The van der Waals surface area contributed by atoms with Crippen LogP contribution in [0.2, 0.25) is 0 Å². The van der Waals surface area contributed by atoms with E-state index in [0.29, 0.717) is 16.9 Å². The van der Waals surface area contributed by atoms with Crippen LogP contribution in [0, 0.1) is 22.2 Å². The van der Waals surface area contributed by atoms with Crippen LogP contribution in [0.3, 0.4) is 0 Å². The van der Waals surface area contributed by atoms with Gasteiger partial charge in [0.05, 0.1) is 0 Å². The number of hydrogen-bond acceptors (Lipinski definition) is 3. The Labute approximate surface area is 209 Å². The van der Waals surface area contributed by atoms with Crippen LogP contribution in [0.4, 0.5) is 0 Å². The van der Waals surface area contributed by atoms with Gasteiger partial charge >= 0.3 is 29.6 Å². The van der Waals surface area contributed by atoms with Crippen LogP contribution >= 0.6 is 11.8 Å². The van der Waals surface area contributed by atoms with E-state index in [2.05, 4.69) is 42.9 Å². The van der Waals surface area contributed by atoms with Crippen LogP contribution in [-0.2, 0) is 10.2 Å². The van der Waals surface area contributed by atoms with Crippen molar-refractivity contribution in [3.8, 4) is 0 Å². The molecule has 1 aromatic rings. The van der Waals surface area contributed by atoms with Gasteiger partial charge in [-0.15, -0.1) is 5.41 Å². The monoisotopic (exact) mass is 433 g/mol. The zero-order valence-corrected chi connectivity index (χ0v) is 21.7. The molecule has 0 radical (unpaired) electrons. The SMILES string of the molecule is CSCC12CC3CC4([C-]=O)CC(c5ccccc5)(C1)C2(C3)C4.NC1CCCCC1.[Na+]. The predicted molar refractivity (Wildman–Crippen MR) is 122 cm³/mol. The number of nitrogens with two attached hydrogens (primary N) is 1. The second-order valence-corrected chi connectivity index (χ2v) is 11.9. The van der Waals surface area contributed by atoms with E-state index >= 15 is 0 Å². The fourth-order valence-electron chi connectivity index (χ4n) is 8.84. The van der Waals surface area contributed by atoms with Gasteiger partial charge in [-0.25, -0.2) is 0 Å². The van der Waals surface area contributed by atoms with Crippen LogP contribution in [0.25, 0.3) is 0 Å². The maximum absolute atomic E-state index is 11.9. The van der Waals surface area contributed by atoms with Crippen molar-refractivity contribution in [3.63, 3.8) is 0 Å². The average molecular weight is 434 g/mol. The first-order chi connectivity index (χ1) is 14.0. The summed E-state index contributed by atoms with van der Waals surface area (Å²) in [6.07, 6.45) is 18.8. The average Bonchev–Trinajstić information content (AvgIpc) is 3.03. The minimum atomic E-state index is -0.130. The maximum atomic E-state index is 11.9. The molecule has 2 N–H and O–H groups in total. The van der Waals surface area contributed by atoms with E-state index in [4.69, 9.17) is 5.73 Å². The summed E-state index contributed by atoms with van der Waals surface area (Å²) in [6, 6.07) is 11.7. The molecule has 5 fully saturated rings. The van der Waals surface area contributed by atoms with Crippen LogP contribution in [0.1, 0.15) is 76.2 Å². The van der Waals surface area contributed by atoms with Crippen molar-refractivity contribution >= 4 is 18.0 Å². The van der Waals surface area contributed by atoms with E-state index in [0.717, 1.165) is 25.2 Å². The van der Waals surface area contributed by atoms with Gasteiger partial charge in [-0.05, 0) is 66.4 Å². The Morgan fingerprint density at radius 3 is 2.37 bits per heavy atom. The number of hydrogen-bond donors (Lipinski definition) is 1. The predicted octanol–water partition coefficient (Wildman–Crippen LogP) is 2.65. The molecule has 5 saturated carbocycles. The first-order valence-electron chi connectivity index (χ1n) is 11.7. The number of benzene rings is 1. The number of carbonyl (C=O) groups excluding carboxylic acids is 1. The Kier molecular flexibility index (Phi) is 6.64. The minimum absolute atomic E-state index is 0. The van der Waals surface area contributed by atoms with Crippen LogP contribution in [0.15, 0.2) is 30.3 Å². The van der Waals surface area contributed by atoms with Gasteiger partial charge in [0.25, 0.3) is 0 Å². The van der Waals surface area contributed by atoms with E-state index in [1.165, 1.54) is 62.7 Å². The number of fused-ring (bicyclic) bond motifs is 2. The molecule has 5 unspecified atom stereocenters. The molecule has 1 aromatic carbocycles. The van der Waals surface area contributed by atoms with Crippen LogP contribution in [0.5, 0.6) is 0 Å². The minimum Gasteiger partial charge on any atom is -0.541 e. The zero-order valence-electron chi connectivity index (χ0n) is 18.9. The summed E-state index contributed by atoms with van der Waals surface area (Å²) < 4.78 is 0. The maximum Gasteiger partial charge on any atom is 1.00 e. The molecule has 0 saturated heterocycles. The molecular formula is C26H36NNaOS. The summed E-state index contributed by atoms with van der Waals surface area (Å²) in [5.74, 6) is 2.06. The summed E-state index contributed by atoms with van der Waals surface area (Å²) in [6.45, 7) is 0. The third-order valence-electron chi connectivity index (χ3n) is 9.46. The molecule has 5 atom stereocenters. The molecule has 0 aliphatic heterocycles. The molecule has 5 aliphatic carbocycles. The molecule has 3 bridgehead atoms. The van der Waals surface area contributed by atoms with Gasteiger partial charge in [-0.3, -0.25) is 6.29 Å². The first kappa shape index (κ1) is 23.4. The second kappa shape index (κ2) is 8.52. The number of rotatable bonds is 4. The van der Waals surface area contributed by atoms with Crippen molar-refractivity contribution in [3.05, 3.63) is 35.9 Å². The molecular weight excluding hydrogens is 397 g/mol. The van der Waals surface area contributed by atoms with Gasteiger partial charge in [-0.1, -0.05) is 68.9 Å². The van der Waals surface area contributed by atoms with Crippen molar-refractivity contribution in [1.82, 2.24) is 0 Å². The Morgan fingerprint density at radius 2 is 1.77 bits per heavy atom. The van der Waals surface area contributed by atoms with Crippen LogP contribution < -0.4 is 35.3 Å². The Hall–Kier alpha value is 0.200. The molecule has 158 valence electrons. The van der Waals surface area contributed by atoms with E-state index in [1.807, 2.05) is 11.8 Å². The third-order valence-corrected chi connectivity index (χ3v) is 10.3. The molecule has 1 spiro atoms. The molecule has 5 aliphatic rings. The van der Waals surface area contributed by atoms with Crippen molar-refractivity contribution in [2.75, 3.05) is 12.0 Å². The zero-order chi connectivity index (χ0) is 20.2. The van der Waals surface area contributed by atoms with Gasteiger partial charge in [0.1, 0.15) is 0 Å². The van der Waals surface area contributed by atoms with Gasteiger partial charge in [0.15, 0.2) is 0 Å². The third kappa shape index (κ3) is 3.24. The molecule has 30 heavy (non-hydrogen) atoms. The van der Waals surface area contributed by atoms with Gasteiger partial charge < -0.3 is 10.5 Å². The van der Waals surface area contributed by atoms with Crippen LogP contribution in [-0.4, -0.2) is 24.3 Å². The topological polar surface area (TPSA) is 43.1 Å². The molecule has 2 nitrogen and oxygen atoms in total. The fraction of sp³-hybridized carbons (Fsp3) is 0.731. The van der Waals surface area contributed by atoms with Crippen molar-refractivity contribution in [1.29, 1.82) is 0 Å². The Balaban J connectivity index is 0.000000235. The largest absolute Gasteiger partial charge is 1.00 e. The van der Waals surface area contributed by atoms with Gasteiger partial charge in [0, 0.05) is 11.5 Å². The van der Waals surface area contributed by atoms with Crippen molar-refractivity contribution in [2.24, 2.45) is 27.9 Å². The van der Waals surface area contributed by atoms with Gasteiger partial charge in [-0.2, -0.15) is 11.8 Å². The summed E-state index contributed by atoms with van der Waals surface area (Å²) in [5.41, 5.74) is 8.18. The van der Waals surface area contributed by atoms with Crippen molar-refractivity contribution < 1.29 is 34.4 Å². The molecule has 4 heteroatoms. The van der Waals surface area contributed by atoms with Gasteiger partial charge in [0.2, 0.25) is 0 Å². The molecule has 6 rings (SSSR count). The summed E-state index contributed by atoms with van der Waals surface area (Å²) in [7, 11) is 0. The number of thioether (sulfide) groups is 1. The van der Waals surface area contributed by atoms with E-state index in [-0.39, 0.29) is 40.4 Å². The molecule has 0 amide bonds. The fourth-order valence-corrected chi connectivity index (χ4v) is 9.89.